The highest BCUT2D eigenvalue weighted by Gasteiger charge is 2.12. The van der Waals surface area contributed by atoms with Crippen LogP contribution in [0.15, 0.2) is 23.3 Å². The van der Waals surface area contributed by atoms with E-state index in [0.29, 0.717) is 15.6 Å². The minimum atomic E-state index is -0.371. The molecule has 0 saturated heterocycles. The van der Waals surface area contributed by atoms with Gasteiger partial charge in [-0.2, -0.15) is 5.10 Å². The van der Waals surface area contributed by atoms with Gasteiger partial charge in [0.2, 0.25) is 0 Å². The largest absolute Gasteiger partial charge is 0.335 e. The highest BCUT2D eigenvalue weighted by Crippen LogP contribution is 2.19. The Hall–Kier alpha value is -1.26. The van der Waals surface area contributed by atoms with Gasteiger partial charge in [-0.1, -0.05) is 29.3 Å². The molecule has 0 bridgehead atoms. The summed E-state index contributed by atoms with van der Waals surface area (Å²) in [6, 6.07) is 4.66. The molecule has 2 N–H and O–H groups in total. The smallest absolute Gasteiger partial charge is 0.332 e. The van der Waals surface area contributed by atoms with Crippen LogP contribution in [0, 0.1) is 0 Å². The molecule has 1 aromatic carbocycles. The third-order valence-corrected chi connectivity index (χ3v) is 2.38. The van der Waals surface area contributed by atoms with Crippen LogP contribution in [0.25, 0.3) is 0 Å². The van der Waals surface area contributed by atoms with E-state index in [-0.39, 0.29) is 11.6 Å². The molecule has 0 unspecified atom stereocenters. The van der Waals surface area contributed by atoms with Crippen molar-refractivity contribution in [3.8, 4) is 0 Å². The maximum atomic E-state index is 11.4. The predicted molar refractivity (Wildman–Crippen MR) is 75.5 cm³/mol. The SMILES string of the molecule is CC(C)(C)NC(=O)N/N=C/c1ccc(Cl)cc1Cl. The van der Waals surface area contributed by atoms with Crippen molar-refractivity contribution in [2.75, 3.05) is 0 Å². The molecule has 0 saturated carbocycles. The van der Waals surface area contributed by atoms with E-state index < -0.39 is 0 Å². The van der Waals surface area contributed by atoms with Crippen LogP contribution in [0.5, 0.6) is 0 Å². The number of rotatable bonds is 2. The fourth-order valence-electron chi connectivity index (χ4n) is 1.14. The molecular formula is C12H15Cl2N3O. The van der Waals surface area contributed by atoms with Gasteiger partial charge in [0.25, 0.3) is 0 Å². The summed E-state index contributed by atoms with van der Waals surface area (Å²) >= 11 is 11.7. The van der Waals surface area contributed by atoms with Gasteiger partial charge in [-0.05, 0) is 32.9 Å². The summed E-state index contributed by atoms with van der Waals surface area (Å²) < 4.78 is 0. The fourth-order valence-corrected chi connectivity index (χ4v) is 1.59. The average Bonchev–Trinajstić information content (AvgIpc) is 2.18. The van der Waals surface area contributed by atoms with Crippen LogP contribution in [0.2, 0.25) is 10.0 Å². The monoisotopic (exact) mass is 287 g/mol. The van der Waals surface area contributed by atoms with Crippen molar-refractivity contribution in [1.82, 2.24) is 10.7 Å². The van der Waals surface area contributed by atoms with Crippen molar-refractivity contribution in [1.29, 1.82) is 0 Å². The number of hydrogen-bond donors (Lipinski definition) is 2. The summed E-state index contributed by atoms with van der Waals surface area (Å²) in [5.74, 6) is 0. The molecule has 0 heterocycles. The first-order valence-corrected chi connectivity index (χ1v) is 6.10. The van der Waals surface area contributed by atoms with E-state index in [1.165, 1.54) is 6.21 Å². The number of hydrogen-bond acceptors (Lipinski definition) is 2. The number of carbonyl (C=O) groups is 1. The highest BCUT2D eigenvalue weighted by molar-refractivity contribution is 6.36. The second-order valence-electron chi connectivity index (χ2n) is 4.74. The minimum absolute atomic E-state index is 0.308. The van der Waals surface area contributed by atoms with Gasteiger partial charge in [0, 0.05) is 16.1 Å². The van der Waals surface area contributed by atoms with Gasteiger partial charge >= 0.3 is 6.03 Å². The zero-order valence-corrected chi connectivity index (χ0v) is 11.9. The number of hydrazone groups is 1. The van der Waals surface area contributed by atoms with E-state index in [4.69, 9.17) is 23.2 Å². The van der Waals surface area contributed by atoms with Crippen LogP contribution in [0.3, 0.4) is 0 Å². The third kappa shape index (κ3) is 5.38. The van der Waals surface area contributed by atoms with Crippen molar-refractivity contribution in [3.63, 3.8) is 0 Å². The number of nitrogens with zero attached hydrogens (tertiary/aromatic N) is 1. The van der Waals surface area contributed by atoms with E-state index in [1.807, 2.05) is 20.8 Å². The number of benzene rings is 1. The normalized spacial score (nSPS) is 11.6. The first kappa shape index (κ1) is 14.8. The van der Waals surface area contributed by atoms with Gasteiger partial charge in [0.15, 0.2) is 0 Å². The molecule has 2 amide bonds. The zero-order chi connectivity index (χ0) is 13.8. The second-order valence-corrected chi connectivity index (χ2v) is 5.58. The van der Waals surface area contributed by atoms with E-state index in [1.54, 1.807) is 18.2 Å². The minimum Gasteiger partial charge on any atom is -0.332 e. The molecule has 6 heteroatoms. The number of halogens is 2. The number of carbonyl (C=O) groups excluding carboxylic acids is 1. The first-order valence-electron chi connectivity index (χ1n) is 5.34. The third-order valence-electron chi connectivity index (χ3n) is 1.82. The number of nitrogens with one attached hydrogen (secondary N) is 2. The highest BCUT2D eigenvalue weighted by atomic mass is 35.5. The summed E-state index contributed by atoms with van der Waals surface area (Å²) in [6.07, 6.45) is 1.46. The van der Waals surface area contributed by atoms with Gasteiger partial charge in [0.05, 0.1) is 11.2 Å². The lowest BCUT2D eigenvalue weighted by Gasteiger charge is -2.19. The summed E-state index contributed by atoms with van der Waals surface area (Å²) in [4.78, 5) is 11.4. The first-order chi connectivity index (χ1) is 8.28. The Bertz CT molecular complexity index is 467. The molecule has 0 aliphatic carbocycles. The molecule has 0 aromatic heterocycles. The maximum absolute atomic E-state index is 11.4. The Morgan fingerprint density at radius 1 is 1.33 bits per heavy atom. The van der Waals surface area contributed by atoms with Gasteiger partial charge in [-0.15, -0.1) is 0 Å². The van der Waals surface area contributed by atoms with Crippen molar-refractivity contribution in [2.24, 2.45) is 5.10 Å². The molecule has 0 atom stereocenters. The molecule has 0 spiro atoms. The molecule has 98 valence electrons. The van der Waals surface area contributed by atoms with Gasteiger partial charge in [0.1, 0.15) is 0 Å². The maximum Gasteiger partial charge on any atom is 0.335 e. The lowest BCUT2D eigenvalue weighted by molar-refractivity contribution is 0.232. The number of amides is 2. The van der Waals surface area contributed by atoms with Crippen molar-refractivity contribution < 1.29 is 4.79 Å². The van der Waals surface area contributed by atoms with E-state index in [0.717, 1.165) is 0 Å². The van der Waals surface area contributed by atoms with Gasteiger partial charge in [-0.3, -0.25) is 0 Å². The molecule has 1 aromatic rings. The van der Waals surface area contributed by atoms with Crippen LogP contribution in [0.1, 0.15) is 26.3 Å². The fraction of sp³-hybridized carbons (Fsp3) is 0.333. The predicted octanol–water partition coefficient (Wildman–Crippen LogP) is 3.43. The van der Waals surface area contributed by atoms with E-state index in [2.05, 4.69) is 15.8 Å². The van der Waals surface area contributed by atoms with Crippen LogP contribution in [0.4, 0.5) is 4.79 Å². The lowest BCUT2D eigenvalue weighted by Crippen LogP contribution is -2.44. The molecule has 4 nitrogen and oxygen atoms in total. The van der Waals surface area contributed by atoms with Crippen molar-refractivity contribution in [2.45, 2.75) is 26.3 Å². The summed E-state index contributed by atoms with van der Waals surface area (Å²) in [7, 11) is 0. The Morgan fingerprint density at radius 3 is 2.56 bits per heavy atom. The van der Waals surface area contributed by atoms with E-state index in [9.17, 15) is 4.79 Å². The Balaban J connectivity index is 2.58. The Kier molecular flexibility index (Phi) is 4.99. The molecule has 18 heavy (non-hydrogen) atoms. The Morgan fingerprint density at radius 2 is 2.00 bits per heavy atom. The summed E-state index contributed by atoms with van der Waals surface area (Å²) in [5, 5.41) is 7.54. The van der Waals surface area contributed by atoms with Crippen molar-refractivity contribution in [3.05, 3.63) is 33.8 Å². The van der Waals surface area contributed by atoms with Crippen molar-refractivity contribution >= 4 is 35.4 Å². The summed E-state index contributed by atoms with van der Waals surface area (Å²) in [6.45, 7) is 5.64. The molecule has 1 rings (SSSR count). The zero-order valence-electron chi connectivity index (χ0n) is 10.4. The topological polar surface area (TPSA) is 53.5 Å². The van der Waals surface area contributed by atoms with E-state index >= 15 is 0 Å². The van der Waals surface area contributed by atoms with Gasteiger partial charge < -0.3 is 5.32 Å². The molecule has 0 aliphatic rings. The molecule has 0 aliphatic heterocycles. The molecule has 0 fully saturated rings. The van der Waals surface area contributed by atoms with Crippen LogP contribution >= 0.6 is 23.2 Å². The quantitative estimate of drug-likeness (QED) is 0.636. The lowest BCUT2D eigenvalue weighted by atomic mass is 10.1. The molecule has 0 radical (unpaired) electrons. The van der Waals surface area contributed by atoms with Crippen LogP contribution in [-0.4, -0.2) is 17.8 Å². The standard InChI is InChI=1S/C12H15Cl2N3O/c1-12(2,3)16-11(18)17-15-7-8-4-5-9(13)6-10(8)14/h4-7H,1-3H3,(H2,16,17,18)/b15-7+. The summed E-state index contributed by atoms with van der Waals surface area (Å²) in [5.41, 5.74) is 2.73. The van der Waals surface area contributed by atoms with Gasteiger partial charge in [-0.25, -0.2) is 10.2 Å². The van der Waals surface area contributed by atoms with Crippen LogP contribution in [-0.2, 0) is 0 Å². The average molecular weight is 288 g/mol. The van der Waals surface area contributed by atoms with Crippen LogP contribution < -0.4 is 10.7 Å². The second kappa shape index (κ2) is 6.07. The Labute approximate surface area is 116 Å². The number of urea groups is 1. The molecular weight excluding hydrogens is 273 g/mol.